The van der Waals surface area contributed by atoms with Crippen LogP contribution in [0.5, 0.6) is 0 Å². The molecule has 3 N–H and O–H groups in total. The standard InChI is InChI=1S/C15H24N2/c1-11(2)14-7-5-13(6-8-14)10-15(17-16)9-12-3-4-12/h5-8,11-12,15,17H,3-4,9-10,16H2,1-2H3. The molecule has 0 amide bonds. The van der Waals surface area contributed by atoms with Gasteiger partial charge in [0.05, 0.1) is 0 Å². The first kappa shape index (κ1) is 12.6. The van der Waals surface area contributed by atoms with Gasteiger partial charge in [-0.05, 0) is 35.8 Å². The van der Waals surface area contributed by atoms with Gasteiger partial charge in [0.25, 0.3) is 0 Å². The average Bonchev–Trinajstić information content (AvgIpc) is 3.13. The second-order valence-electron chi connectivity index (χ2n) is 5.64. The Balaban J connectivity index is 1.91. The predicted molar refractivity (Wildman–Crippen MR) is 72.7 cm³/mol. The van der Waals surface area contributed by atoms with E-state index in [0.29, 0.717) is 12.0 Å². The maximum Gasteiger partial charge on any atom is 0.0253 e. The van der Waals surface area contributed by atoms with Crippen molar-refractivity contribution in [1.82, 2.24) is 5.43 Å². The largest absolute Gasteiger partial charge is 0.271 e. The van der Waals surface area contributed by atoms with Crippen molar-refractivity contribution in [3.8, 4) is 0 Å². The number of nitrogens with two attached hydrogens (primary N) is 1. The smallest absolute Gasteiger partial charge is 0.0253 e. The first-order chi connectivity index (χ1) is 8.19. The maximum atomic E-state index is 5.62. The van der Waals surface area contributed by atoms with E-state index in [1.807, 2.05) is 0 Å². The molecule has 2 nitrogen and oxygen atoms in total. The quantitative estimate of drug-likeness (QED) is 0.584. The van der Waals surface area contributed by atoms with E-state index >= 15 is 0 Å². The second-order valence-corrected chi connectivity index (χ2v) is 5.64. The van der Waals surface area contributed by atoms with Crippen LogP contribution in [0, 0.1) is 5.92 Å². The summed E-state index contributed by atoms with van der Waals surface area (Å²) in [6.45, 7) is 4.46. The fourth-order valence-electron chi connectivity index (χ4n) is 2.29. The van der Waals surface area contributed by atoms with E-state index < -0.39 is 0 Å². The molecule has 1 aliphatic carbocycles. The summed E-state index contributed by atoms with van der Waals surface area (Å²) in [5.74, 6) is 7.16. The third-order valence-electron chi connectivity index (χ3n) is 3.68. The first-order valence-corrected chi connectivity index (χ1v) is 6.74. The lowest BCUT2D eigenvalue weighted by atomic mass is 9.97. The predicted octanol–water partition coefficient (Wildman–Crippen LogP) is 2.98. The minimum absolute atomic E-state index is 0.437. The first-order valence-electron chi connectivity index (χ1n) is 6.74. The second kappa shape index (κ2) is 5.65. The summed E-state index contributed by atoms with van der Waals surface area (Å²) in [4.78, 5) is 0. The number of hydrazine groups is 1. The molecular formula is C15H24N2. The lowest BCUT2D eigenvalue weighted by Crippen LogP contribution is -2.37. The zero-order chi connectivity index (χ0) is 12.3. The van der Waals surface area contributed by atoms with Crippen LogP contribution in [0.25, 0.3) is 0 Å². The van der Waals surface area contributed by atoms with Crippen LogP contribution >= 0.6 is 0 Å². The fourth-order valence-corrected chi connectivity index (χ4v) is 2.29. The van der Waals surface area contributed by atoms with Crippen molar-refractivity contribution < 1.29 is 0 Å². The van der Waals surface area contributed by atoms with Gasteiger partial charge >= 0.3 is 0 Å². The lowest BCUT2D eigenvalue weighted by molar-refractivity contribution is 0.466. The summed E-state index contributed by atoms with van der Waals surface area (Å²) in [5.41, 5.74) is 5.76. The van der Waals surface area contributed by atoms with E-state index in [1.54, 1.807) is 0 Å². The van der Waals surface area contributed by atoms with Gasteiger partial charge in [-0.25, -0.2) is 0 Å². The molecule has 1 aliphatic rings. The number of hydrogen-bond donors (Lipinski definition) is 2. The number of hydrogen-bond acceptors (Lipinski definition) is 2. The highest BCUT2D eigenvalue weighted by molar-refractivity contribution is 5.25. The Hall–Kier alpha value is -0.860. The van der Waals surface area contributed by atoms with Gasteiger partial charge in [-0.3, -0.25) is 11.3 Å². The van der Waals surface area contributed by atoms with Crippen molar-refractivity contribution >= 4 is 0 Å². The minimum atomic E-state index is 0.437. The zero-order valence-electron chi connectivity index (χ0n) is 10.9. The molecule has 0 bridgehead atoms. The summed E-state index contributed by atoms with van der Waals surface area (Å²) in [6.07, 6.45) is 5.06. The molecule has 2 rings (SSSR count). The molecule has 1 unspecified atom stereocenters. The summed E-state index contributed by atoms with van der Waals surface area (Å²) in [6, 6.07) is 9.40. The molecule has 0 aromatic heterocycles. The SMILES string of the molecule is CC(C)c1ccc(CC(CC2CC2)NN)cc1. The Morgan fingerprint density at radius 1 is 1.24 bits per heavy atom. The number of nitrogens with one attached hydrogen (secondary N) is 1. The van der Waals surface area contributed by atoms with Gasteiger partial charge in [-0.1, -0.05) is 51.0 Å². The van der Waals surface area contributed by atoms with E-state index in [9.17, 15) is 0 Å². The maximum absolute atomic E-state index is 5.62. The van der Waals surface area contributed by atoms with Gasteiger partial charge in [0.15, 0.2) is 0 Å². The van der Waals surface area contributed by atoms with Gasteiger partial charge in [0.2, 0.25) is 0 Å². The van der Waals surface area contributed by atoms with Gasteiger partial charge in [-0.15, -0.1) is 0 Å². The molecule has 1 aromatic rings. The number of rotatable bonds is 6. The molecule has 0 saturated heterocycles. The van der Waals surface area contributed by atoms with Gasteiger partial charge in [0, 0.05) is 6.04 Å². The Kier molecular flexibility index (Phi) is 4.19. The summed E-state index contributed by atoms with van der Waals surface area (Å²) in [7, 11) is 0. The molecule has 0 radical (unpaired) electrons. The average molecular weight is 232 g/mol. The summed E-state index contributed by atoms with van der Waals surface area (Å²) >= 11 is 0. The van der Waals surface area contributed by atoms with Crippen LogP contribution < -0.4 is 11.3 Å². The highest BCUT2D eigenvalue weighted by Gasteiger charge is 2.24. The van der Waals surface area contributed by atoms with Gasteiger partial charge < -0.3 is 0 Å². The molecular weight excluding hydrogens is 208 g/mol. The Bertz CT molecular complexity index is 338. The highest BCUT2D eigenvalue weighted by Crippen LogP contribution is 2.34. The van der Waals surface area contributed by atoms with E-state index in [-0.39, 0.29) is 0 Å². The van der Waals surface area contributed by atoms with Gasteiger partial charge in [-0.2, -0.15) is 0 Å². The molecule has 1 saturated carbocycles. The molecule has 0 aliphatic heterocycles. The Morgan fingerprint density at radius 3 is 2.35 bits per heavy atom. The normalized spacial score (nSPS) is 17.4. The molecule has 17 heavy (non-hydrogen) atoms. The van der Waals surface area contributed by atoms with E-state index in [4.69, 9.17) is 5.84 Å². The van der Waals surface area contributed by atoms with Crippen LogP contribution in [-0.4, -0.2) is 6.04 Å². The third kappa shape index (κ3) is 3.83. The fraction of sp³-hybridized carbons (Fsp3) is 0.600. The van der Waals surface area contributed by atoms with Crippen LogP contribution in [0.3, 0.4) is 0 Å². The molecule has 0 spiro atoms. The van der Waals surface area contributed by atoms with E-state index in [1.165, 1.54) is 30.4 Å². The van der Waals surface area contributed by atoms with Crippen molar-refractivity contribution in [3.63, 3.8) is 0 Å². The van der Waals surface area contributed by atoms with E-state index in [0.717, 1.165) is 12.3 Å². The van der Waals surface area contributed by atoms with Gasteiger partial charge in [0.1, 0.15) is 0 Å². The molecule has 94 valence electrons. The molecule has 1 aromatic carbocycles. The molecule has 0 heterocycles. The minimum Gasteiger partial charge on any atom is -0.271 e. The monoisotopic (exact) mass is 232 g/mol. The van der Waals surface area contributed by atoms with Crippen molar-refractivity contribution in [2.75, 3.05) is 0 Å². The topological polar surface area (TPSA) is 38.0 Å². The summed E-state index contributed by atoms with van der Waals surface area (Å²) in [5, 5.41) is 0. The van der Waals surface area contributed by atoms with Crippen LogP contribution in [0.4, 0.5) is 0 Å². The van der Waals surface area contributed by atoms with Crippen LogP contribution in [-0.2, 0) is 6.42 Å². The Morgan fingerprint density at radius 2 is 1.88 bits per heavy atom. The molecule has 1 atom stereocenters. The van der Waals surface area contributed by atoms with Crippen molar-refractivity contribution in [3.05, 3.63) is 35.4 Å². The van der Waals surface area contributed by atoms with Crippen molar-refractivity contribution in [2.45, 2.75) is 51.5 Å². The molecule has 2 heteroatoms. The zero-order valence-corrected chi connectivity index (χ0v) is 10.9. The number of benzene rings is 1. The Labute approximate surface area is 105 Å². The molecule has 1 fully saturated rings. The van der Waals surface area contributed by atoms with Crippen LogP contribution in [0.1, 0.15) is 50.2 Å². The summed E-state index contributed by atoms with van der Waals surface area (Å²) < 4.78 is 0. The van der Waals surface area contributed by atoms with Crippen LogP contribution in [0.15, 0.2) is 24.3 Å². The van der Waals surface area contributed by atoms with E-state index in [2.05, 4.69) is 43.5 Å². The van der Waals surface area contributed by atoms with Crippen LogP contribution in [0.2, 0.25) is 0 Å². The lowest BCUT2D eigenvalue weighted by Gasteiger charge is -2.16. The third-order valence-corrected chi connectivity index (χ3v) is 3.68. The van der Waals surface area contributed by atoms with Crippen molar-refractivity contribution in [1.29, 1.82) is 0 Å². The van der Waals surface area contributed by atoms with Crippen molar-refractivity contribution in [2.24, 2.45) is 11.8 Å². The highest BCUT2D eigenvalue weighted by atomic mass is 15.2.